The Hall–Kier alpha value is -0.640. The van der Waals surface area contributed by atoms with E-state index in [4.69, 9.17) is 0 Å². The van der Waals surface area contributed by atoms with Crippen molar-refractivity contribution >= 4 is 0 Å². The van der Waals surface area contributed by atoms with Crippen LogP contribution in [-0.4, -0.2) is 19.2 Å². The number of nitroso groups, excluding NO2 is 1. The van der Waals surface area contributed by atoms with Crippen molar-refractivity contribution in [1.29, 1.82) is 0 Å². The second-order valence-corrected chi connectivity index (χ2v) is 0.829. The molecule has 4 heteroatoms. The van der Waals surface area contributed by atoms with Crippen LogP contribution in [0.5, 0.6) is 0 Å². The lowest BCUT2D eigenvalue weighted by atomic mass is 11.3. The summed E-state index contributed by atoms with van der Waals surface area (Å²) in [4.78, 5) is 9.35. The van der Waals surface area contributed by atoms with Gasteiger partial charge in [-0.2, -0.15) is 5.12 Å². The fourth-order valence-electron chi connectivity index (χ4n) is 0.0408. The van der Waals surface area contributed by atoms with Crippen LogP contribution in [0.25, 0.3) is 0 Å². The molecule has 0 unspecified atom stereocenters. The Labute approximate surface area is 36.0 Å². The molecule has 0 aliphatic carbocycles. The molecule has 36 valence electrons. The molecule has 0 aromatic carbocycles. The molecule has 0 aliphatic heterocycles. The van der Waals surface area contributed by atoms with E-state index in [9.17, 15) is 4.91 Å². The van der Waals surface area contributed by atoms with Crippen LogP contribution in [0.1, 0.15) is 0 Å². The number of hydrogen-bond acceptors (Lipinski definition) is 3. The van der Waals surface area contributed by atoms with E-state index < -0.39 is 0 Å². The molecule has 0 radical (unpaired) electrons. The Morgan fingerprint density at radius 3 is 2.33 bits per heavy atom. The maximum absolute atomic E-state index is 9.35. The molecular formula is C2H7N3O. The zero-order chi connectivity index (χ0) is 4.99. The lowest BCUT2D eigenvalue weighted by Crippen LogP contribution is -2.23. The number of hydrazine groups is 1. The number of nitrogens with zero attached hydrogens (tertiary/aromatic N) is 2. The van der Waals surface area contributed by atoms with Gasteiger partial charge >= 0.3 is 0 Å². The summed E-state index contributed by atoms with van der Waals surface area (Å²) in [7, 11) is 3.13. The molecule has 0 rings (SSSR count). The van der Waals surface area contributed by atoms with Gasteiger partial charge in [-0.25, -0.2) is 5.43 Å². The quantitative estimate of drug-likeness (QED) is 0.374. The van der Waals surface area contributed by atoms with Gasteiger partial charge in [0.05, 0.1) is 5.29 Å². The van der Waals surface area contributed by atoms with Gasteiger partial charge in [-0.3, -0.25) is 0 Å². The first-order chi connectivity index (χ1) is 2.81. The Bertz CT molecular complexity index is 46.1. The normalized spacial score (nSPS) is 7.67. The molecule has 0 spiro atoms. The Kier molecular flexibility index (Phi) is 2.31. The molecule has 1 N–H and O–H groups in total. The highest BCUT2D eigenvalue weighted by Gasteiger charge is 1.78. The molecule has 0 bridgehead atoms. The average Bonchev–Trinajstić information content (AvgIpc) is 1.65. The molecule has 0 aliphatic rings. The largest absolute Gasteiger partial charge is 0.219 e. The van der Waals surface area contributed by atoms with Crippen molar-refractivity contribution in [3.8, 4) is 0 Å². The second kappa shape index (κ2) is 2.59. The first-order valence-corrected chi connectivity index (χ1v) is 1.55. The Balaban J connectivity index is 2.96. The molecule has 0 saturated heterocycles. The molecule has 4 nitrogen and oxygen atoms in total. The summed E-state index contributed by atoms with van der Waals surface area (Å²) in [5.41, 5.74) is 2.47. The molecule has 0 atom stereocenters. The lowest BCUT2D eigenvalue weighted by Gasteiger charge is -2.01. The third kappa shape index (κ3) is 1.66. The van der Waals surface area contributed by atoms with Gasteiger partial charge in [0, 0.05) is 14.1 Å². The highest BCUT2D eigenvalue weighted by molar-refractivity contribution is 4.18. The van der Waals surface area contributed by atoms with Crippen LogP contribution in [0.2, 0.25) is 0 Å². The Morgan fingerprint density at radius 2 is 2.33 bits per heavy atom. The monoisotopic (exact) mass is 89.1 g/mol. The van der Waals surface area contributed by atoms with Crippen LogP contribution in [0.15, 0.2) is 5.29 Å². The van der Waals surface area contributed by atoms with E-state index in [0.29, 0.717) is 0 Å². The van der Waals surface area contributed by atoms with Crippen LogP contribution in [-0.2, 0) is 0 Å². The van der Waals surface area contributed by atoms with Crippen LogP contribution in [0.4, 0.5) is 0 Å². The molecule has 0 fully saturated rings. The topological polar surface area (TPSA) is 44.7 Å². The SMILES string of the molecule is CNN(C)N=O. The minimum Gasteiger partial charge on any atom is -0.219 e. The first-order valence-electron chi connectivity index (χ1n) is 1.55. The molecule has 0 aromatic rings. The summed E-state index contributed by atoms with van der Waals surface area (Å²) >= 11 is 0. The van der Waals surface area contributed by atoms with E-state index in [2.05, 4.69) is 10.7 Å². The summed E-state index contributed by atoms with van der Waals surface area (Å²) in [6, 6.07) is 0. The van der Waals surface area contributed by atoms with Crippen molar-refractivity contribution in [3.63, 3.8) is 0 Å². The van der Waals surface area contributed by atoms with E-state index in [-0.39, 0.29) is 0 Å². The summed E-state index contributed by atoms with van der Waals surface area (Å²) in [6.45, 7) is 0. The van der Waals surface area contributed by atoms with Crippen molar-refractivity contribution in [1.82, 2.24) is 10.5 Å². The van der Waals surface area contributed by atoms with Gasteiger partial charge in [-0.1, -0.05) is 0 Å². The number of rotatable bonds is 2. The van der Waals surface area contributed by atoms with Crippen molar-refractivity contribution < 1.29 is 0 Å². The van der Waals surface area contributed by atoms with Gasteiger partial charge in [-0.05, 0) is 0 Å². The maximum Gasteiger partial charge on any atom is 0.0681 e. The maximum atomic E-state index is 9.35. The van der Waals surface area contributed by atoms with Gasteiger partial charge in [0.2, 0.25) is 0 Å². The molecule has 6 heavy (non-hydrogen) atoms. The van der Waals surface area contributed by atoms with Crippen LogP contribution >= 0.6 is 0 Å². The zero-order valence-electron chi connectivity index (χ0n) is 3.80. The summed E-state index contributed by atoms with van der Waals surface area (Å²) in [5.74, 6) is 0. The van der Waals surface area contributed by atoms with E-state index in [1.165, 1.54) is 7.05 Å². The fourth-order valence-corrected chi connectivity index (χ4v) is 0.0408. The standard InChI is InChI=1S/C2H7N3O/c1-3-5(2)4-6/h3H,1-2H3. The Morgan fingerprint density at radius 1 is 1.83 bits per heavy atom. The van der Waals surface area contributed by atoms with Crippen molar-refractivity contribution in [2.75, 3.05) is 14.1 Å². The first kappa shape index (κ1) is 5.36. The van der Waals surface area contributed by atoms with E-state index >= 15 is 0 Å². The zero-order valence-corrected chi connectivity index (χ0v) is 3.80. The van der Waals surface area contributed by atoms with Crippen LogP contribution in [0, 0.1) is 4.91 Å². The smallest absolute Gasteiger partial charge is 0.0681 e. The fraction of sp³-hybridized carbons (Fsp3) is 1.00. The average molecular weight is 89.1 g/mol. The van der Waals surface area contributed by atoms with Gasteiger partial charge < -0.3 is 0 Å². The van der Waals surface area contributed by atoms with E-state index in [1.807, 2.05) is 0 Å². The van der Waals surface area contributed by atoms with Gasteiger partial charge in [0.25, 0.3) is 0 Å². The third-order valence-corrected chi connectivity index (χ3v) is 0.446. The van der Waals surface area contributed by atoms with Crippen molar-refractivity contribution in [3.05, 3.63) is 4.91 Å². The molecule has 0 amide bonds. The second-order valence-electron chi connectivity index (χ2n) is 0.829. The highest BCUT2D eigenvalue weighted by atomic mass is 16.3. The minimum absolute atomic E-state index is 1.07. The summed E-state index contributed by atoms with van der Waals surface area (Å²) in [6.07, 6.45) is 0. The van der Waals surface area contributed by atoms with E-state index in [0.717, 1.165) is 5.12 Å². The van der Waals surface area contributed by atoms with Gasteiger partial charge in [0.1, 0.15) is 0 Å². The number of hydrogen-bond donors (Lipinski definition) is 1. The predicted molar refractivity (Wildman–Crippen MR) is 22.6 cm³/mol. The lowest BCUT2D eigenvalue weighted by molar-refractivity contribution is 0.270. The molecule has 0 aromatic heterocycles. The van der Waals surface area contributed by atoms with E-state index in [1.54, 1.807) is 7.05 Å². The molecule has 0 saturated carbocycles. The van der Waals surface area contributed by atoms with Crippen LogP contribution in [0.3, 0.4) is 0 Å². The predicted octanol–water partition coefficient (Wildman–Crippen LogP) is -0.266. The molecular weight excluding hydrogens is 82.0 g/mol. The van der Waals surface area contributed by atoms with Crippen LogP contribution < -0.4 is 5.43 Å². The number of nitrogens with one attached hydrogen (secondary N) is 1. The summed E-state index contributed by atoms with van der Waals surface area (Å²) < 4.78 is 0. The van der Waals surface area contributed by atoms with Gasteiger partial charge in [-0.15, -0.1) is 4.91 Å². The third-order valence-electron chi connectivity index (χ3n) is 0.446. The highest BCUT2D eigenvalue weighted by Crippen LogP contribution is 1.65. The summed E-state index contributed by atoms with van der Waals surface area (Å²) in [5, 5.41) is 3.55. The van der Waals surface area contributed by atoms with Crippen molar-refractivity contribution in [2.24, 2.45) is 5.29 Å². The van der Waals surface area contributed by atoms with Crippen molar-refractivity contribution in [2.45, 2.75) is 0 Å². The minimum atomic E-state index is 1.07. The van der Waals surface area contributed by atoms with Gasteiger partial charge in [0.15, 0.2) is 0 Å². The molecule has 0 heterocycles.